The second-order valence-electron chi connectivity index (χ2n) is 6.10. The molecule has 132 valence electrons. The van der Waals surface area contributed by atoms with Crippen LogP contribution in [0.2, 0.25) is 0 Å². The summed E-state index contributed by atoms with van der Waals surface area (Å²) in [4.78, 5) is 0. The normalized spacial score (nSPS) is 11.6. The van der Waals surface area contributed by atoms with Crippen molar-refractivity contribution in [3.05, 3.63) is 91.0 Å². The number of methoxy groups -OCH3 is 1. The zero-order chi connectivity index (χ0) is 16.7. The monoisotopic (exact) mass is 416 g/mol. The van der Waals surface area contributed by atoms with E-state index in [0.29, 0.717) is 0 Å². The van der Waals surface area contributed by atoms with Gasteiger partial charge in [0.25, 0.3) is 0 Å². The molecule has 0 aromatic heterocycles. The van der Waals surface area contributed by atoms with Gasteiger partial charge in [0.1, 0.15) is 0 Å². The van der Waals surface area contributed by atoms with E-state index in [4.69, 9.17) is 4.74 Å². The molecule has 0 atom stereocenters. The van der Waals surface area contributed by atoms with Crippen LogP contribution in [0.4, 0.5) is 0 Å². The Morgan fingerprint density at radius 2 is 1.00 bits per heavy atom. The average molecular weight is 417 g/mol. The van der Waals surface area contributed by atoms with Gasteiger partial charge in [0.2, 0.25) is 0 Å². The summed E-state index contributed by atoms with van der Waals surface area (Å²) in [5, 5.41) is 4.41. The fraction of sp³-hybridized carbons (Fsp3) is 0.182. The summed E-state index contributed by atoms with van der Waals surface area (Å²) in [7, 11) is -0.253. The quantitative estimate of drug-likeness (QED) is 0.411. The molecule has 25 heavy (non-hydrogen) atoms. The van der Waals surface area contributed by atoms with Gasteiger partial charge in [-0.25, -0.2) is 0 Å². The van der Waals surface area contributed by atoms with Crippen molar-refractivity contribution in [2.75, 3.05) is 19.9 Å². The van der Waals surface area contributed by atoms with Crippen LogP contribution in [-0.4, -0.2) is 19.9 Å². The molecule has 0 amide bonds. The summed E-state index contributed by atoms with van der Waals surface area (Å²) in [6.45, 7) is 0.807. The Labute approximate surface area is 162 Å². The van der Waals surface area contributed by atoms with E-state index in [2.05, 4.69) is 91.0 Å². The van der Waals surface area contributed by atoms with Gasteiger partial charge < -0.3 is 0 Å². The van der Waals surface area contributed by atoms with Crippen LogP contribution in [0.15, 0.2) is 91.0 Å². The van der Waals surface area contributed by atoms with Crippen LogP contribution in [0, 0.1) is 0 Å². The molecule has 0 radical (unpaired) electrons. The van der Waals surface area contributed by atoms with Crippen molar-refractivity contribution in [1.82, 2.24) is 0 Å². The summed E-state index contributed by atoms with van der Waals surface area (Å²) in [5.41, 5.74) is 0. The molecule has 0 fully saturated rings. The number of benzene rings is 3. The van der Waals surface area contributed by atoms with Crippen LogP contribution in [0.25, 0.3) is 0 Å². The number of hydrogen-bond acceptors (Lipinski definition) is 1. The molecular weight excluding hydrogens is 391 g/mol. The third-order valence-electron chi connectivity index (χ3n) is 4.70. The molecule has 1 nitrogen and oxygen atoms in total. The topological polar surface area (TPSA) is 9.23 Å². The Morgan fingerprint density at radius 1 is 0.640 bits per heavy atom. The Hall–Kier alpha value is -1.47. The molecule has 0 aliphatic carbocycles. The molecule has 3 aromatic carbocycles. The van der Waals surface area contributed by atoms with E-state index in [1.54, 1.807) is 7.11 Å². The first-order valence-corrected chi connectivity index (χ1v) is 10.7. The van der Waals surface area contributed by atoms with Gasteiger partial charge in [0, 0.05) is 0 Å². The fourth-order valence-corrected chi connectivity index (χ4v) is 8.41. The van der Waals surface area contributed by atoms with Crippen molar-refractivity contribution in [2.45, 2.75) is 6.42 Å². The van der Waals surface area contributed by atoms with E-state index in [9.17, 15) is 0 Å². The predicted octanol–water partition coefficient (Wildman–Crippen LogP) is 4.33. The number of halogens is 1. The van der Waals surface area contributed by atoms with E-state index < -0.39 is 7.26 Å². The Balaban J connectivity index is 0.00000225. The van der Waals surface area contributed by atoms with Crippen molar-refractivity contribution in [1.29, 1.82) is 0 Å². The molecule has 0 aliphatic rings. The van der Waals surface area contributed by atoms with E-state index in [1.807, 2.05) is 0 Å². The van der Waals surface area contributed by atoms with Gasteiger partial charge in [0.05, 0.1) is 0 Å². The molecule has 0 bridgehead atoms. The summed E-state index contributed by atoms with van der Waals surface area (Å²) in [6, 6.07) is 33.1. The van der Waals surface area contributed by atoms with Crippen LogP contribution in [-0.2, 0) is 4.74 Å². The van der Waals surface area contributed by atoms with E-state index >= 15 is 0 Å². The van der Waals surface area contributed by atoms with Gasteiger partial charge in [-0.3, -0.25) is 0 Å². The molecule has 0 unspecified atom stereocenters. The van der Waals surface area contributed by atoms with E-state index in [-0.39, 0.29) is 17.0 Å². The standard InChI is InChI=1S/C22H25OP.BrH/c1-23-18-11-19-24(20-12-5-2-6-13-20,21-14-7-3-8-15-21)22-16-9-4-10-17-22;/h2-10,12-17,24H,11,18-19H2,1H3;1H. The van der Waals surface area contributed by atoms with Crippen molar-refractivity contribution in [2.24, 2.45) is 0 Å². The van der Waals surface area contributed by atoms with E-state index in [1.165, 1.54) is 15.9 Å². The second-order valence-corrected chi connectivity index (χ2v) is 10.1. The van der Waals surface area contributed by atoms with E-state index in [0.717, 1.165) is 19.2 Å². The van der Waals surface area contributed by atoms with Crippen LogP contribution in [0.3, 0.4) is 0 Å². The molecule has 0 heterocycles. The van der Waals surface area contributed by atoms with Crippen molar-refractivity contribution in [3.8, 4) is 0 Å². The number of rotatable bonds is 7. The molecule has 0 spiro atoms. The fourth-order valence-electron chi connectivity index (χ4n) is 3.58. The predicted molar refractivity (Wildman–Crippen MR) is 118 cm³/mol. The summed E-state index contributed by atoms with van der Waals surface area (Å²) >= 11 is 0. The maximum atomic E-state index is 5.37. The first kappa shape index (κ1) is 19.8. The molecule has 3 heteroatoms. The van der Waals surface area contributed by atoms with Crippen molar-refractivity contribution in [3.63, 3.8) is 0 Å². The van der Waals surface area contributed by atoms with Crippen LogP contribution in [0.5, 0.6) is 0 Å². The molecular formula is C22H26BrOP. The average Bonchev–Trinajstić information content (AvgIpc) is 2.68. The number of ether oxygens (including phenoxy) is 1. The first-order valence-electron chi connectivity index (χ1n) is 8.53. The molecule has 0 N–H and O–H groups in total. The summed E-state index contributed by atoms with van der Waals surface area (Å²) in [5.74, 6) is 0. The van der Waals surface area contributed by atoms with Gasteiger partial charge in [0.15, 0.2) is 0 Å². The van der Waals surface area contributed by atoms with Crippen LogP contribution >= 0.6 is 24.2 Å². The molecule has 3 aromatic rings. The Bertz CT molecular complexity index is 635. The molecule has 0 aliphatic heterocycles. The second kappa shape index (κ2) is 9.87. The van der Waals surface area contributed by atoms with Gasteiger partial charge in [-0.05, 0) is 0 Å². The van der Waals surface area contributed by atoms with Crippen molar-refractivity contribution < 1.29 is 4.74 Å². The van der Waals surface area contributed by atoms with Gasteiger partial charge in [-0.1, -0.05) is 0 Å². The minimum absolute atomic E-state index is 0. The minimum atomic E-state index is -2.04. The SMILES string of the molecule is Br.COCCC[PH](c1ccccc1)(c1ccccc1)c1ccccc1. The molecule has 0 saturated heterocycles. The van der Waals surface area contributed by atoms with Gasteiger partial charge in [-0.15, -0.1) is 17.0 Å². The van der Waals surface area contributed by atoms with Gasteiger partial charge in [-0.2, -0.15) is 0 Å². The number of hydrogen-bond donors (Lipinski definition) is 0. The third-order valence-corrected chi connectivity index (χ3v) is 9.76. The zero-order valence-electron chi connectivity index (χ0n) is 14.6. The molecule has 0 saturated carbocycles. The maximum absolute atomic E-state index is 5.37. The summed E-state index contributed by atoms with van der Waals surface area (Å²) < 4.78 is 5.37. The third kappa shape index (κ3) is 4.39. The van der Waals surface area contributed by atoms with Crippen LogP contribution in [0.1, 0.15) is 6.42 Å². The zero-order valence-corrected chi connectivity index (χ0v) is 17.3. The summed E-state index contributed by atoms with van der Waals surface area (Å²) in [6.07, 6.45) is 2.22. The van der Waals surface area contributed by atoms with Crippen molar-refractivity contribution >= 4 is 40.2 Å². The Kier molecular flexibility index (Phi) is 7.84. The van der Waals surface area contributed by atoms with Crippen LogP contribution < -0.4 is 15.9 Å². The first-order chi connectivity index (χ1) is 11.9. The van der Waals surface area contributed by atoms with Gasteiger partial charge >= 0.3 is 145 Å². The molecule has 3 rings (SSSR count). The Morgan fingerprint density at radius 3 is 1.32 bits per heavy atom.